The molecule has 0 unspecified atom stereocenters. The number of nitrogens with zero attached hydrogens (tertiary/aromatic N) is 2. The van der Waals surface area contributed by atoms with Gasteiger partial charge in [-0.3, -0.25) is 19.2 Å². The Kier molecular flexibility index (Phi) is 24.2. The van der Waals surface area contributed by atoms with Crippen LogP contribution in [0.25, 0.3) is 44.8 Å². The van der Waals surface area contributed by atoms with Crippen molar-refractivity contribution in [1.29, 1.82) is 0 Å². The summed E-state index contributed by atoms with van der Waals surface area (Å²) in [6, 6.07) is 42.3. The first-order chi connectivity index (χ1) is 40.1. The molecule has 2 amide bonds. The van der Waals surface area contributed by atoms with Crippen LogP contribution in [-0.4, -0.2) is 126 Å². The molecule has 8 N–H and O–H groups in total. The van der Waals surface area contributed by atoms with E-state index in [1.165, 1.54) is 72.8 Å². The predicted molar refractivity (Wildman–Crippen MR) is 319 cm³/mol. The number of aliphatic hydroxyl groups excluding tert-OH is 4. The summed E-state index contributed by atoms with van der Waals surface area (Å²) < 4.78 is 31.9. The molecule has 85 heavy (non-hydrogen) atoms. The maximum atomic E-state index is 14.1. The van der Waals surface area contributed by atoms with Gasteiger partial charge in [-0.2, -0.15) is 0 Å². The van der Waals surface area contributed by atoms with Gasteiger partial charge in [-0.15, -0.1) is 11.5 Å². The fraction of sp³-hybridized carbons (Fsp3) is 0.273. The number of aliphatic hydroxyl groups is 4. The van der Waals surface area contributed by atoms with Gasteiger partial charge < -0.3 is 60.6 Å². The Bertz CT molecular complexity index is 3270. The van der Waals surface area contributed by atoms with E-state index < -0.39 is 72.6 Å². The van der Waals surface area contributed by atoms with Crippen molar-refractivity contribution in [2.45, 2.75) is 116 Å². The topological polar surface area (TPSA) is 270 Å². The monoisotopic (exact) mass is 1190 g/mol. The van der Waals surface area contributed by atoms with Crippen LogP contribution in [0.1, 0.15) is 110 Å². The predicted octanol–water partition coefficient (Wildman–Crippen LogP) is 10.4. The first-order valence-electron chi connectivity index (χ1n) is 27.6. The molecule has 0 spiro atoms. The zero-order chi connectivity index (χ0) is 60.8. The molecule has 2 heterocycles. The second-order valence-electron chi connectivity index (χ2n) is 21.1. The summed E-state index contributed by atoms with van der Waals surface area (Å²) in [7, 11) is 0. The van der Waals surface area contributed by atoms with Crippen LogP contribution in [0.5, 0.6) is 11.5 Å². The van der Waals surface area contributed by atoms with E-state index in [4.69, 9.17) is 10.2 Å². The first kappa shape index (κ1) is 66.5. The van der Waals surface area contributed by atoms with Crippen molar-refractivity contribution in [3.63, 3.8) is 0 Å². The molecule has 8 rings (SSSR count). The van der Waals surface area contributed by atoms with Crippen LogP contribution in [0.2, 0.25) is 0 Å². The Labute approximate surface area is 521 Å². The number of rotatable bonds is 24. The van der Waals surface area contributed by atoms with Crippen LogP contribution in [0.4, 0.5) is 20.2 Å². The number of carboxylic acid groups (broad SMARTS) is 2. The summed E-state index contributed by atoms with van der Waals surface area (Å²) in [6.45, 7) is 8.27. The van der Waals surface area contributed by atoms with Gasteiger partial charge in [0.1, 0.15) is 11.6 Å². The van der Waals surface area contributed by atoms with E-state index in [0.29, 0.717) is 67.5 Å². The van der Waals surface area contributed by atoms with Crippen molar-refractivity contribution in [1.82, 2.24) is 9.13 Å². The van der Waals surface area contributed by atoms with Crippen molar-refractivity contribution in [2.24, 2.45) is 0 Å². The fourth-order valence-electron chi connectivity index (χ4n) is 10.4. The van der Waals surface area contributed by atoms with E-state index in [1.54, 1.807) is 24.3 Å². The van der Waals surface area contributed by atoms with Gasteiger partial charge in [-0.25, -0.2) is 8.78 Å². The molecule has 0 aliphatic rings. The van der Waals surface area contributed by atoms with Gasteiger partial charge in [0.2, 0.25) is 0 Å². The normalized spacial score (nSPS) is 12.6. The van der Waals surface area contributed by atoms with Crippen LogP contribution < -0.4 is 20.8 Å². The third kappa shape index (κ3) is 17.7. The van der Waals surface area contributed by atoms with Gasteiger partial charge in [0.05, 0.1) is 59.8 Å². The Hall–Kier alpha value is -7.68. The summed E-state index contributed by atoms with van der Waals surface area (Å²) in [5.74, 6) is -4.62. The number of benzene rings is 6. The van der Waals surface area contributed by atoms with Crippen molar-refractivity contribution < 1.29 is 68.8 Å². The first-order valence-corrected chi connectivity index (χ1v) is 27.6. The van der Waals surface area contributed by atoms with E-state index >= 15 is 0 Å². The largest absolute Gasteiger partial charge is 2.00 e. The molecule has 16 nitrogen and oxygen atoms in total. The summed E-state index contributed by atoms with van der Waals surface area (Å²) in [5, 5.41) is 88.6. The minimum Gasteiger partial charge on any atom is -0.872 e. The molecule has 19 heteroatoms. The van der Waals surface area contributed by atoms with Gasteiger partial charge >= 0.3 is 49.7 Å². The fourth-order valence-corrected chi connectivity index (χ4v) is 10.4. The number of halogens is 2. The molecular formula is C66H68CaF2N4O12. The quantitative estimate of drug-likeness (QED) is 0.0263. The van der Waals surface area contributed by atoms with E-state index in [9.17, 15) is 58.6 Å². The Morgan fingerprint density at radius 2 is 0.776 bits per heavy atom. The second-order valence-corrected chi connectivity index (χ2v) is 21.1. The van der Waals surface area contributed by atoms with Crippen molar-refractivity contribution in [2.75, 3.05) is 10.6 Å². The maximum absolute atomic E-state index is 14.1. The molecular weight excluding hydrogens is 1120 g/mol. The summed E-state index contributed by atoms with van der Waals surface area (Å²) in [4.78, 5) is 50.1. The average Bonchev–Trinajstić information content (AvgIpc) is 1.85. The number of nitrogens with one attached hydrogen (secondary N) is 2. The Morgan fingerprint density at radius 3 is 1.07 bits per heavy atom. The number of amides is 2. The maximum Gasteiger partial charge on any atom is 2.00 e. The summed E-state index contributed by atoms with van der Waals surface area (Å²) in [6.07, 6.45) is -5.29. The van der Waals surface area contributed by atoms with Crippen LogP contribution >= 0.6 is 0 Å². The third-order valence-corrected chi connectivity index (χ3v) is 14.0. The Balaban J connectivity index is 0.000000269. The molecule has 0 aliphatic carbocycles. The number of hydrogen-bond donors (Lipinski definition) is 8. The average molecular weight is 1190 g/mol. The molecule has 2 aromatic heterocycles. The number of carbonyl (C=O) groups is 4. The summed E-state index contributed by atoms with van der Waals surface area (Å²) >= 11 is 0. The minimum absolute atomic E-state index is 0. The molecule has 4 atom stereocenters. The molecule has 0 fully saturated rings. The molecule has 0 radical (unpaired) electrons. The molecule has 0 aliphatic heterocycles. The van der Waals surface area contributed by atoms with Crippen LogP contribution in [-0.2, 0) is 22.7 Å². The van der Waals surface area contributed by atoms with Gasteiger partial charge in [0, 0.05) is 47.0 Å². The molecule has 440 valence electrons. The van der Waals surface area contributed by atoms with Crippen molar-refractivity contribution in [3.8, 4) is 56.3 Å². The zero-order valence-corrected chi connectivity index (χ0v) is 49.8. The number of carboxylic acids is 2. The van der Waals surface area contributed by atoms with E-state index in [0.717, 1.165) is 11.1 Å². The van der Waals surface area contributed by atoms with Gasteiger partial charge in [-0.1, -0.05) is 113 Å². The number of carbonyl (C=O) groups excluding carboxylic acids is 2. The van der Waals surface area contributed by atoms with Gasteiger partial charge in [0.25, 0.3) is 11.8 Å². The standard InChI is InChI=1S/2C33H35FN2O6.Ca/c2*1-20(2)31-30(33(42)35-24-12-14-25(37)15-13-24)29(21-6-4-3-5-7-21)32(22-8-10-23(34)11-9-22)36(31)17-16-26(38)18-27(39)19-28(40)41;/h2*3-15,20,26-27,37-39H,16-19H2,1-2H3,(H,35,42)(H,40,41);/q;;+2/p-2/t2*26-,27-;/m11./s1. The molecule has 6 aromatic carbocycles. The van der Waals surface area contributed by atoms with Crippen molar-refractivity contribution >= 4 is 72.9 Å². The number of anilines is 2. The summed E-state index contributed by atoms with van der Waals surface area (Å²) in [5.41, 5.74) is 8.49. The van der Waals surface area contributed by atoms with Crippen molar-refractivity contribution in [3.05, 3.63) is 192 Å². The number of aliphatic carboxylic acids is 2. The second kappa shape index (κ2) is 30.9. The molecule has 0 saturated heterocycles. The van der Waals surface area contributed by atoms with E-state index in [-0.39, 0.29) is 99.8 Å². The Morgan fingerprint density at radius 1 is 0.459 bits per heavy atom. The smallest absolute Gasteiger partial charge is 0.872 e. The number of aromatic nitrogens is 2. The van der Waals surface area contributed by atoms with Crippen LogP contribution in [0.3, 0.4) is 0 Å². The molecule has 0 bridgehead atoms. The van der Waals surface area contributed by atoms with Gasteiger partial charge in [-0.05, 0) is 133 Å². The SMILES string of the molecule is CC(C)c1c(C(=O)Nc2ccc([O-])cc2)c(-c2ccccc2)c(-c2ccc(F)cc2)n1CC[C@@H](O)C[C@@H](O)CC(=O)O.CC(C)c1c(C(=O)Nc2ccc([O-])cc2)c(-c2ccccc2)c(-c2ccc(F)cc2)n1CC[C@@H](O)C[C@@H](O)CC(=O)O.[Ca+2]. The van der Waals surface area contributed by atoms with Gasteiger partial charge in [0.15, 0.2) is 0 Å². The van der Waals surface area contributed by atoms with E-state index in [2.05, 4.69) is 10.6 Å². The third-order valence-electron chi connectivity index (χ3n) is 14.0. The van der Waals surface area contributed by atoms with Crippen LogP contribution in [0, 0.1) is 11.6 Å². The van der Waals surface area contributed by atoms with Crippen LogP contribution in [0.15, 0.2) is 158 Å². The number of hydrogen-bond acceptors (Lipinski definition) is 10. The van der Waals surface area contributed by atoms with E-state index in [1.807, 2.05) is 97.5 Å². The minimum atomic E-state index is -1.20. The molecule has 8 aromatic rings. The molecule has 0 saturated carbocycles. The zero-order valence-electron chi connectivity index (χ0n) is 47.6.